The summed E-state index contributed by atoms with van der Waals surface area (Å²) in [6.45, 7) is 6.67. The van der Waals surface area contributed by atoms with Gasteiger partial charge in [0.1, 0.15) is 4.88 Å². The Morgan fingerprint density at radius 2 is 2.18 bits per heavy atom. The number of aromatic nitrogens is 3. The van der Waals surface area contributed by atoms with E-state index in [2.05, 4.69) is 29.0 Å². The number of fused-ring (bicyclic) bond motifs is 1. The normalized spacial score (nSPS) is 13.7. The van der Waals surface area contributed by atoms with Gasteiger partial charge in [0.25, 0.3) is 5.91 Å². The summed E-state index contributed by atoms with van der Waals surface area (Å²) in [6, 6.07) is 0. The van der Waals surface area contributed by atoms with Gasteiger partial charge in [-0.1, -0.05) is 13.8 Å². The fourth-order valence-corrected chi connectivity index (χ4v) is 3.92. The number of nitrogens with one attached hydrogen (secondary N) is 1. The van der Waals surface area contributed by atoms with Crippen LogP contribution in [-0.4, -0.2) is 33.0 Å². The van der Waals surface area contributed by atoms with E-state index in [1.54, 1.807) is 4.90 Å². The van der Waals surface area contributed by atoms with Crippen LogP contribution in [0.15, 0.2) is 0 Å². The number of thiazole rings is 1. The second kappa shape index (κ2) is 5.83. The molecule has 2 aromatic heterocycles. The Labute approximate surface area is 134 Å². The Kier molecular flexibility index (Phi) is 4.04. The van der Waals surface area contributed by atoms with Crippen molar-refractivity contribution in [3.05, 3.63) is 32.5 Å². The van der Waals surface area contributed by atoms with Crippen LogP contribution in [-0.2, 0) is 19.4 Å². The van der Waals surface area contributed by atoms with Crippen molar-refractivity contribution in [2.75, 3.05) is 7.05 Å². The highest BCUT2D eigenvalue weighted by atomic mass is 32.1. The van der Waals surface area contributed by atoms with E-state index < -0.39 is 0 Å². The highest BCUT2D eigenvalue weighted by Gasteiger charge is 2.23. The quantitative estimate of drug-likeness (QED) is 0.942. The molecule has 5 nitrogen and oxygen atoms in total. The van der Waals surface area contributed by atoms with E-state index in [9.17, 15) is 4.79 Å². The van der Waals surface area contributed by atoms with Gasteiger partial charge in [-0.05, 0) is 31.7 Å². The predicted molar refractivity (Wildman–Crippen MR) is 87.4 cm³/mol. The lowest BCUT2D eigenvalue weighted by Gasteiger charge is -2.15. The predicted octanol–water partition coefficient (Wildman–Crippen LogP) is 3.06. The van der Waals surface area contributed by atoms with Crippen molar-refractivity contribution in [2.45, 2.75) is 52.5 Å². The average molecular weight is 318 g/mol. The Hall–Kier alpha value is -1.69. The summed E-state index contributed by atoms with van der Waals surface area (Å²) in [5.41, 5.74) is 4.39. The van der Waals surface area contributed by atoms with Crippen molar-refractivity contribution in [1.29, 1.82) is 0 Å². The maximum absolute atomic E-state index is 12.7. The number of nitrogens with zero attached hydrogens (tertiary/aromatic N) is 3. The molecule has 1 amide bonds. The first-order chi connectivity index (χ1) is 10.5. The second-order valence-electron chi connectivity index (χ2n) is 6.26. The van der Waals surface area contributed by atoms with Gasteiger partial charge in [0.15, 0.2) is 0 Å². The Balaban J connectivity index is 1.77. The van der Waals surface area contributed by atoms with Gasteiger partial charge >= 0.3 is 0 Å². The third-order valence-corrected chi connectivity index (χ3v) is 5.57. The monoisotopic (exact) mass is 318 g/mol. The van der Waals surface area contributed by atoms with Gasteiger partial charge in [0.05, 0.1) is 22.9 Å². The van der Waals surface area contributed by atoms with Gasteiger partial charge in [0.2, 0.25) is 0 Å². The van der Waals surface area contributed by atoms with Crippen LogP contribution in [0, 0.1) is 6.92 Å². The molecule has 0 aliphatic heterocycles. The summed E-state index contributed by atoms with van der Waals surface area (Å²) in [6.07, 6.45) is 3.33. The molecular formula is C16H22N4OS. The lowest BCUT2D eigenvalue weighted by molar-refractivity contribution is 0.0787. The smallest absolute Gasteiger partial charge is 0.265 e. The lowest BCUT2D eigenvalue weighted by atomic mass is 10.2. The van der Waals surface area contributed by atoms with Crippen LogP contribution >= 0.6 is 11.3 Å². The number of carbonyl (C=O) groups excluding carboxylic acids is 1. The number of carbonyl (C=O) groups is 1. The molecule has 0 saturated heterocycles. The van der Waals surface area contributed by atoms with E-state index in [1.165, 1.54) is 29.0 Å². The molecule has 0 bridgehead atoms. The Bertz CT molecular complexity index is 701. The number of aromatic amines is 1. The van der Waals surface area contributed by atoms with E-state index in [1.807, 2.05) is 14.0 Å². The zero-order chi connectivity index (χ0) is 15.9. The largest absolute Gasteiger partial charge is 0.335 e. The number of hydrogen-bond acceptors (Lipinski definition) is 4. The SMILES string of the molecule is Cc1nc(C(C)C)sc1C(=O)N(C)Cc1n[nH]c2c1CCC2. The molecule has 0 fully saturated rings. The van der Waals surface area contributed by atoms with Crippen LogP contribution in [0.5, 0.6) is 0 Å². The lowest BCUT2D eigenvalue weighted by Crippen LogP contribution is -2.26. The van der Waals surface area contributed by atoms with Crippen molar-refractivity contribution in [3.8, 4) is 0 Å². The molecule has 6 heteroatoms. The van der Waals surface area contributed by atoms with Crippen molar-refractivity contribution in [2.24, 2.45) is 0 Å². The van der Waals surface area contributed by atoms with E-state index in [4.69, 9.17) is 0 Å². The average Bonchev–Trinajstić information content (AvgIpc) is 3.15. The highest BCUT2D eigenvalue weighted by Crippen LogP contribution is 2.27. The van der Waals surface area contributed by atoms with Crippen LogP contribution < -0.4 is 0 Å². The summed E-state index contributed by atoms with van der Waals surface area (Å²) in [4.78, 5) is 19.7. The first-order valence-electron chi connectivity index (χ1n) is 7.75. The summed E-state index contributed by atoms with van der Waals surface area (Å²) in [5.74, 6) is 0.391. The fraction of sp³-hybridized carbons (Fsp3) is 0.562. The van der Waals surface area contributed by atoms with Gasteiger partial charge in [-0.2, -0.15) is 5.10 Å². The van der Waals surface area contributed by atoms with Crippen molar-refractivity contribution < 1.29 is 4.79 Å². The number of hydrogen-bond donors (Lipinski definition) is 1. The molecule has 3 rings (SSSR count). The van der Waals surface area contributed by atoms with Gasteiger partial charge < -0.3 is 4.90 Å². The van der Waals surface area contributed by atoms with Crippen molar-refractivity contribution in [3.63, 3.8) is 0 Å². The molecule has 0 saturated carbocycles. The number of H-pyrrole nitrogens is 1. The van der Waals surface area contributed by atoms with Gasteiger partial charge in [-0.15, -0.1) is 11.3 Å². The number of aryl methyl sites for hydroxylation is 2. The number of amides is 1. The van der Waals surface area contributed by atoms with E-state index in [0.29, 0.717) is 12.5 Å². The summed E-state index contributed by atoms with van der Waals surface area (Å²) in [7, 11) is 1.84. The first-order valence-corrected chi connectivity index (χ1v) is 8.56. The zero-order valence-electron chi connectivity index (χ0n) is 13.6. The Morgan fingerprint density at radius 3 is 2.86 bits per heavy atom. The van der Waals surface area contributed by atoms with Crippen LogP contribution in [0.3, 0.4) is 0 Å². The van der Waals surface area contributed by atoms with E-state index >= 15 is 0 Å². The minimum Gasteiger partial charge on any atom is -0.335 e. The topological polar surface area (TPSA) is 61.9 Å². The van der Waals surface area contributed by atoms with Gasteiger partial charge in [-0.3, -0.25) is 9.89 Å². The third kappa shape index (κ3) is 2.67. The van der Waals surface area contributed by atoms with Crippen LogP contribution in [0.4, 0.5) is 0 Å². The maximum Gasteiger partial charge on any atom is 0.265 e. The molecule has 2 aromatic rings. The molecule has 0 unspecified atom stereocenters. The minimum atomic E-state index is 0.0386. The molecule has 2 heterocycles. The molecule has 22 heavy (non-hydrogen) atoms. The summed E-state index contributed by atoms with van der Waals surface area (Å²) < 4.78 is 0. The third-order valence-electron chi connectivity index (χ3n) is 4.13. The molecule has 0 aromatic carbocycles. The summed E-state index contributed by atoms with van der Waals surface area (Å²) >= 11 is 1.51. The minimum absolute atomic E-state index is 0.0386. The fourth-order valence-electron chi connectivity index (χ4n) is 2.85. The van der Waals surface area contributed by atoms with Crippen molar-refractivity contribution in [1.82, 2.24) is 20.1 Å². The molecule has 1 aliphatic rings. The standard InChI is InChI=1S/C16H22N4OS/c1-9(2)15-17-10(3)14(22-15)16(21)20(4)8-13-11-6-5-7-12(11)18-19-13/h9H,5-8H2,1-4H3,(H,18,19). The molecule has 118 valence electrons. The van der Waals surface area contributed by atoms with Gasteiger partial charge in [-0.25, -0.2) is 4.98 Å². The van der Waals surface area contributed by atoms with E-state index in [0.717, 1.165) is 34.1 Å². The zero-order valence-corrected chi connectivity index (χ0v) is 14.4. The number of rotatable bonds is 4. The van der Waals surface area contributed by atoms with Crippen LogP contribution in [0.25, 0.3) is 0 Å². The van der Waals surface area contributed by atoms with Gasteiger partial charge in [0, 0.05) is 18.7 Å². The Morgan fingerprint density at radius 1 is 1.41 bits per heavy atom. The molecule has 1 N–H and O–H groups in total. The molecular weight excluding hydrogens is 296 g/mol. The molecule has 0 atom stereocenters. The van der Waals surface area contributed by atoms with Crippen LogP contribution in [0.2, 0.25) is 0 Å². The molecule has 0 radical (unpaired) electrons. The van der Waals surface area contributed by atoms with Crippen LogP contribution in [0.1, 0.15) is 63.5 Å². The van der Waals surface area contributed by atoms with E-state index in [-0.39, 0.29) is 5.91 Å². The van der Waals surface area contributed by atoms with Crippen molar-refractivity contribution >= 4 is 17.2 Å². The molecule has 0 spiro atoms. The summed E-state index contributed by atoms with van der Waals surface area (Å²) in [5, 5.41) is 8.50. The second-order valence-corrected chi connectivity index (χ2v) is 7.29. The molecule has 1 aliphatic carbocycles. The highest BCUT2D eigenvalue weighted by molar-refractivity contribution is 7.13. The first kappa shape index (κ1) is 15.2. The maximum atomic E-state index is 12.7.